The maximum atomic E-state index is 12.1. The smallest absolute Gasteiger partial charge is 0.191 e. The van der Waals surface area contributed by atoms with Crippen LogP contribution in [0.25, 0.3) is 0 Å². The van der Waals surface area contributed by atoms with E-state index in [1.807, 2.05) is 36.1 Å². The topological polar surface area (TPSA) is 43.8 Å². The number of hydrogen-bond donors (Lipinski definition) is 1. The van der Waals surface area contributed by atoms with Gasteiger partial charge in [-0.3, -0.25) is 4.79 Å². The number of rotatable bonds is 8. The number of benzene rings is 1. The molecule has 1 rings (SSSR count). The summed E-state index contributed by atoms with van der Waals surface area (Å²) in [7, 11) is 3.85. The molecule has 4 nitrogen and oxygen atoms in total. The third-order valence-electron chi connectivity index (χ3n) is 3.43. The number of aliphatic hydroxyl groups is 1. The average molecular weight is 420 g/mol. The maximum absolute atomic E-state index is 12.1. The molecular weight excluding hydrogens is 391 g/mol. The number of ketones is 1. The minimum Gasteiger partial charge on any atom is -0.385 e. The van der Waals surface area contributed by atoms with E-state index in [2.05, 4.69) is 41.3 Å². The van der Waals surface area contributed by atoms with Crippen LogP contribution in [0.15, 0.2) is 24.3 Å². The predicted octanol–water partition coefficient (Wildman–Crippen LogP) is 3.08. The Morgan fingerprint density at radius 3 is 2.05 bits per heavy atom. The van der Waals surface area contributed by atoms with Crippen LogP contribution in [0.2, 0.25) is 0 Å². The molecule has 0 amide bonds. The zero-order valence-corrected chi connectivity index (χ0v) is 16.5. The van der Waals surface area contributed by atoms with E-state index in [1.54, 1.807) is 12.1 Å². The highest BCUT2D eigenvalue weighted by Crippen LogP contribution is 2.16. The van der Waals surface area contributed by atoms with E-state index in [-0.39, 0.29) is 5.78 Å². The van der Waals surface area contributed by atoms with Crippen molar-refractivity contribution >= 4 is 34.1 Å². The first kappa shape index (κ1) is 21.3. The fourth-order valence-corrected chi connectivity index (χ4v) is 2.13. The molecule has 1 atom stereocenters. The third kappa shape index (κ3) is 7.07. The van der Waals surface area contributed by atoms with Crippen LogP contribution in [0.4, 0.5) is 5.69 Å². The van der Waals surface area contributed by atoms with Gasteiger partial charge in [-0.2, -0.15) is 0 Å². The Kier molecular flexibility index (Phi) is 11.5. The number of carbonyl (C=O) groups excluding carboxylic acids is 1. The summed E-state index contributed by atoms with van der Waals surface area (Å²) in [6, 6.07) is 7.49. The number of halogens is 1. The Morgan fingerprint density at radius 2 is 1.64 bits per heavy atom. The van der Waals surface area contributed by atoms with Gasteiger partial charge < -0.3 is 14.9 Å². The molecule has 1 N–H and O–H groups in total. The first-order valence-corrected chi connectivity index (χ1v) is 9.75. The van der Waals surface area contributed by atoms with E-state index in [0.29, 0.717) is 18.5 Å². The van der Waals surface area contributed by atoms with Crippen molar-refractivity contribution < 1.29 is 9.90 Å². The molecule has 126 valence electrons. The summed E-state index contributed by atoms with van der Waals surface area (Å²) in [5.74, 6) is -0.196. The van der Waals surface area contributed by atoms with Gasteiger partial charge in [-0.15, -0.1) is 0 Å². The van der Waals surface area contributed by atoms with Crippen molar-refractivity contribution in [1.82, 2.24) is 4.90 Å². The van der Waals surface area contributed by atoms with Gasteiger partial charge in [0.2, 0.25) is 0 Å². The third-order valence-corrected chi connectivity index (χ3v) is 3.43. The summed E-state index contributed by atoms with van der Waals surface area (Å²) in [6.07, 6.45) is -0.458. The van der Waals surface area contributed by atoms with Crippen LogP contribution in [0.1, 0.15) is 30.6 Å². The molecule has 1 aromatic rings. The molecular formula is C17H29IN2O2. The number of Topliss-reactive ketones (excluding diaryl/α,β-unsaturated/α-hetero) is 1. The van der Waals surface area contributed by atoms with E-state index in [4.69, 9.17) is 0 Å². The van der Waals surface area contributed by atoms with Crippen molar-refractivity contribution in [3.8, 4) is 0 Å². The predicted molar refractivity (Wildman–Crippen MR) is 103 cm³/mol. The monoisotopic (exact) mass is 420 g/mol. The number of aliphatic hydroxyl groups excluding tert-OH is 1. The molecule has 1 aromatic carbocycles. The first-order chi connectivity index (χ1) is 10.5. The summed E-state index contributed by atoms with van der Waals surface area (Å²) in [5.41, 5.74) is 1.68. The zero-order chi connectivity index (χ0) is 17.1. The molecule has 0 saturated carbocycles. The second-order valence-corrected chi connectivity index (χ2v) is 5.19. The van der Waals surface area contributed by atoms with Crippen LogP contribution in [0.5, 0.6) is 0 Å². The van der Waals surface area contributed by atoms with Gasteiger partial charge in [-0.25, -0.2) is 0 Å². The van der Waals surface area contributed by atoms with Gasteiger partial charge in [-0.05, 0) is 63.6 Å². The van der Waals surface area contributed by atoms with Crippen LogP contribution in [-0.4, -0.2) is 60.6 Å². The molecule has 0 fully saturated rings. The zero-order valence-electron chi connectivity index (χ0n) is 14.3. The molecule has 22 heavy (non-hydrogen) atoms. The van der Waals surface area contributed by atoms with Crippen molar-refractivity contribution in [3.63, 3.8) is 0 Å². The second kappa shape index (κ2) is 11.8. The van der Waals surface area contributed by atoms with E-state index in [0.717, 1.165) is 18.8 Å². The summed E-state index contributed by atoms with van der Waals surface area (Å²) in [5, 5.41) is 9.90. The molecule has 0 aromatic heterocycles. The molecule has 0 aliphatic carbocycles. The number of carbonyl (C=O) groups is 1. The first-order valence-electron chi connectivity index (χ1n) is 7.59. The Hall–Kier alpha value is -0.660. The number of anilines is 1. The minimum absolute atomic E-state index is 0.196. The van der Waals surface area contributed by atoms with Crippen LogP contribution in [0, 0.1) is 0 Å². The van der Waals surface area contributed by atoms with Crippen LogP contribution < -0.4 is 4.90 Å². The van der Waals surface area contributed by atoms with Crippen LogP contribution in [-0.2, 0) is 0 Å². The van der Waals surface area contributed by atoms with E-state index in [9.17, 15) is 9.90 Å². The Balaban J connectivity index is 0.00000211. The molecule has 5 heteroatoms. The van der Waals surface area contributed by atoms with Crippen molar-refractivity contribution in [2.45, 2.75) is 26.4 Å². The molecule has 1 unspecified atom stereocenters. The Morgan fingerprint density at radius 1 is 1.14 bits per heavy atom. The van der Waals surface area contributed by atoms with Crippen molar-refractivity contribution in [2.24, 2.45) is 0 Å². The van der Waals surface area contributed by atoms with Crippen molar-refractivity contribution in [1.29, 1.82) is 0 Å². The number of hydrogen-bond acceptors (Lipinski definition) is 4. The molecule has 0 radical (unpaired) electrons. The molecule has 0 bridgehead atoms. The average Bonchev–Trinajstić information content (AvgIpc) is 2.55. The van der Waals surface area contributed by atoms with Crippen LogP contribution >= 0.6 is 22.6 Å². The van der Waals surface area contributed by atoms with Gasteiger partial charge in [0.1, 0.15) is 6.10 Å². The molecule has 0 spiro atoms. The van der Waals surface area contributed by atoms with Crippen molar-refractivity contribution in [3.05, 3.63) is 29.8 Å². The Bertz CT molecular complexity index is 417. The fourth-order valence-electron chi connectivity index (χ4n) is 2.13. The minimum atomic E-state index is -0.920. The van der Waals surface area contributed by atoms with Gasteiger partial charge in [0.05, 0.1) is 0 Å². The van der Waals surface area contributed by atoms with Crippen LogP contribution in [0.3, 0.4) is 0 Å². The molecule has 0 saturated heterocycles. The quantitative estimate of drug-likeness (QED) is 0.399. The lowest BCUT2D eigenvalue weighted by atomic mass is 10.0. The highest BCUT2D eigenvalue weighted by molar-refractivity contribution is 14.1. The summed E-state index contributed by atoms with van der Waals surface area (Å²) < 4.78 is 0. The number of nitrogens with zero attached hydrogens (tertiary/aromatic N) is 2. The van der Waals surface area contributed by atoms with E-state index < -0.39 is 6.10 Å². The summed E-state index contributed by atoms with van der Waals surface area (Å²) in [4.78, 5) is 18.2. The lowest BCUT2D eigenvalue weighted by Gasteiger charge is -2.21. The highest BCUT2D eigenvalue weighted by Gasteiger charge is 2.17. The largest absolute Gasteiger partial charge is 0.385 e. The van der Waals surface area contributed by atoms with Gasteiger partial charge in [0.15, 0.2) is 5.78 Å². The second-order valence-electron chi connectivity index (χ2n) is 5.19. The Labute approximate surface area is 148 Å². The lowest BCUT2D eigenvalue weighted by Crippen LogP contribution is -2.26. The summed E-state index contributed by atoms with van der Waals surface area (Å²) >= 11 is 2.15. The number of alkyl halides is 1. The molecule has 0 heterocycles. The van der Waals surface area contributed by atoms with Gasteiger partial charge in [-0.1, -0.05) is 22.6 Å². The van der Waals surface area contributed by atoms with Gasteiger partial charge in [0, 0.05) is 30.9 Å². The van der Waals surface area contributed by atoms with E-state index in [1.165, 1.54) is 0 Å². The normalized spacial score (nSPS) is 11.6. The summed E-state index contributed by atoms with van der Waals surface area (Å²) in [6.45, 7) is 6.79. The van der Waals surface area contributed by atoms with Gasteiger partial charge in [0.25, 0.3) is 0 Å². The SMILES string of the molecule is CCN(CC)c1ccc(C(=O)C(O)CCN(C)C)cc1.CI. The highest BCUT2D eigenvalue weighted by atomic mass is 127. The molecule has 0 aliphatic heterocycles. The van der Waals surface area contributed by atoms with Crippen molar-refractivity contribution in [2.75, 3.05) is 43.6 Å². The fraction of sp³-hybridized carbons (Fsp3) is 0.588. The maximum Gasteiger partial charge on any atom is 0.191 e. The van der Waals surface area contributed by atoms with E-state index >= 15 is 0 Å². The van der Waals surface area contributed by atoms with Gasteiger partial charge >= 0.3 is 0 Å². The lowest BCUT2D eigenvalue weighted by molar-refractivity contribution is 0.0715. The standard InChI is InChI=1S/C16H26N2O2.CH3I/c1-5-18(6-2)14-9-7-13(8-10-14)16(20)15(19)11-12-17(3)4;1-2/h7-10,15,19H,5-6,11-12H2,1-4H3;1H3. The molecule has 0 aliphatic rings.